The van der Waals surface area contributed by atoms with E-state index in [1.54, 1.807) is 30.3 Å². The fourth-order valence-electron chi connectivity index (χ4n) is 7.69. The van der Waals surface area contributed by atoms with E-state index in [1.807, 2.05) is 0 Å². The summed E-state index contributed by atoms with van der Waals surface area (Å²) in [5.74, 6) is -1.90. The van der Waals surface area contributed by atoms with Crippen molar-refractivity contribution in [1.29, 1.82) is 0 Å². The maximum atomic E-state index is 14.2. The first-order chi connectivity index (χ1) is 34.8. The highest BCUT2D eigenvalue weighted by molar-refractivity contribution is 7.20. The van der Waals surface area contributed by atoms with Gasteiger partial charge in [-0.25, -0.2) is 4.98 Å². The second-order valence-corrected chi connectivity index (χ2v) is 16.2. The first-order valence-electron chi connectivity index (χ1n) is 20.3. The summed E-state index contributed by atoms with van der Waals surface area (Å²) in [6, 6.07) is -0.305. The van der Waals surface area contributed by atoms with Crippen LogP contribution < -0.4 is 26.4 Å². The largest absolute Gasteiger partial charge is 0.416 e. The maximum Gasteiger partial charge on any atom is 0.416 e. The molecule has 77 heavy (non-hydrogen) atoms. The predicted molar refractivity (Wildman–Crippen MR) is 216 cm³/mol. The van der Waals surface area contributed by atoms with Gasteiger partial charge >= 0.3 is 55.5 Å². The normalized spacial score (nSPS) is 13.2. The van der Waals surface area contributed by atoms with Crippen LogP contribution in [0.3, 0.4) is 0 Å². The van der Waals surface area contributed by atoms with E-state index in [4.69, 9.17) is 0 Å². The molecule has 0 saturated carbocycles. The first kappa shape index (κ1) is 60.6. The zero-order chi connectivity index (χ0) is 58.4. The number of halogens is 27. The zero-order valence-electron chi connectivity index (χ0n) is 36.8. The van der Waals surface area contributed by atoms with Gasteiger partial charge < -0.3 is 0 Å². The fourth-order valence-corrected chi connectivity index (χ4v) is 7.69. The Labute approximate surface area is 411 Å². The minimum Gasteiger partial charge on any atom is -0.287 e. The van der Waals surface area contributed by atoms with Crippen molar-refractivity contribution in [3.63, 3.8) is 0 Å². The molecule has 5 aromatic carbocycles. The van der Waals surface area contributed by atoms with Crippen molar-refractivity contribution in [3.05, 3.63) is 184 Å². The van der Waals surface area contributed by atoms with E-state index in [0.717, 1.165) is 12.4 Å². The van der Waals surface area contributed by atoms with Gasteiger partial charge in [0.15, 0.2) is 18.1 Å². The summed E-state index contributed by atoms with van der Waals surface area (Å²) in [5.41, 5.74) is -30.2. The minimum absolute atomic E-state index is 0.0826. The van der Waals surface area contributed by atoms with Gasteiger partial charge in [-0.15, -0.1) is 0 Å². The third-order valence-corrected chi connectivity index (χ3v) is 11.0. The number of rotatable bonds is 8. The van der Waals surface area contributed by atoms with Crippen molar-refractivity contribution in [2.24, 2.45) is 0 Å². The third-order valence-electron chi connectivity index (χ3n) is 11.0. The second-order valence-electron chi connectivity index (χ2n) is 16.2. The van der Waals surface area contributed by atoms with Crippen LogP contribution in [0.2, 0.25) is 0 Å². The molecule has 0 spiro atoms. The molecule has 6 rings (SSSR count). The average Bonchev–Trinajstić information content (AvgIpc) is 3.29. The number of carbonyl (C=O) groups is 1. The van der Waals surface area contributed by atoms with Gasteiger partial charge in [-0.1, -0.05) is 78.9 Å². The molecule has 0 aliphatic carbocycles. The topological polar surface area (TPSA) is 33.8 Å². The standard InChI is InChI=1S/C32H12BF24.C14H10F3N2O/c34-25(35,36)13-1-14(26(37,38)39)6-21(5-13)33(22-7-15(27(40,41)42)2-16(8-22)28(43,44)45,23-9-17(29(46,47)48)3-18(10-23)30(49,50)51)24-11-19(31(52,53)54)4-20(12-24)32(55,56)57;15-13(14(16)17)11-8-19(7-6-18-11)9-12(20)10-4-2-1-3-5-10/h1-12H;1-8H,9H2/q-1;+1. The van der Waals surface area contributed by atoms with Crippen LogP contribution in [0.5, 0.6) is 0 Å². The molecule has 0 bridgehead atoms. The third kappa shape index (κ3) is 14.2. The predicted octanol–water partition coefficient (Wildman–Crippen LogP) is 14.0. The molecule has 0 aliphatic rings. The van der Waals surface area contributed by atoms with Gasteiger partial charge in [0.1, 0.15) is 6.15 Å². The summed E-state index contributed by atoms with van der Waals surface area (Å²) in [6.07, 6.45) is -53.6. The van der Waals surface area contributed by atoms with Crippen LogP contribution in [0.1, 0.15) is 60.6 Å². The quantitative estimate of drug-likeness (QED) is 0.0659. The highest BCUT2D eigenvalue weighted by Crippen LogP contribution is 2.41. The summed E-state index contributed by atoms with van der Waals surface area (Å²) in [5, 5.41) is 0. The Morgan fingerprint density at radius 3 is 0.896 bits per heavy atom. The minimum atomic E-state index is -6.13. The van der Waals surface area contributed by atoms with Crippen molar-refractivity contribution in [1.82, 2.24) is 4.98 Å². The molecule has 0 saturated heterocycles. The molecule has 0 fully saturated rings. The SMILES string of the molecule is FC(F)(F)c1cc([B-](c2cc(C(F)(F)F)cc(C(F)(F)F)c2)(c2cc(C(F)(F)F)cc(C(F)(F)F)c2)c2cc(C(F)(F)F)cc(C(F)(F)F)c2)cc(C(F)(F)F)c1.O=C(C[n+]1ccnc(C(F)=C(F)F)c1)c1ccccc1. The number of alkyl halides is 24. The van der Waals surface area contributed by atoms with Crippen molar-refractivity contribution < 1.29 is 128 Å². The lowest BCUT2D eigenvalue weighted by molar-refractivity contribution is -0.683. The Morgan fingerprint density at radius 1 is 0.403 bits per heavy atom. The summed E-state index contributed by atoms with van der Waals surface area (Å²) in [6.45, 7) is -0.0826. The molecule has 1 aromatic heterocycles. The van der Waals surface area contributed by atoms with E-state index in [-0.39, 0.29) is 12.3 Å². The van der Waals surface area contributed by atoms with E-state index in [9.17, 15) is 123 Å². The number of aromatic nitrogens is 2. The lowest BCUT2D eigenvalue weighted by atomic mass is 9.12. The maximum absolute atomic E-state index is 14.2. The summed E-state index contributed by atoms with van der Waals surface area (Å²) in [7, 11) is 0. The number of hydrogen-bond acceptors (Lipinski definition) is 2. The molecular weight excluding hydrogens is 1120 g/mol. The first-order valence-corrected chi connectivity index (χ1v) is 20.3. The Morgan fingerprint density at radius 2 is 0.662 bits per heavy atom. The van der Waals surface area contributed by atoms with Crippen molar-refractivity contribution >= 4 is 39.6 Å². The van der Waals surface area contributed by atoms with Gasteiger partial charge in [-0.2, -0.15) is 145 Å². The average molecular weight is 1140 g/mol. The highest BCUT2D eigenvalue weighted by Gasteiger charge is 2.47. The van der Waals surface area contributed by atoms with Gasteiger partial charge in [0, 0.05) is 5.56 Å². The van der Waals surface area contributed by atoms with Crippen molar-refractivity contribution in [2.75, 3.05) is 0 Å². The smallest absolute Gasteiger partial charge is 0.287 e. The van der Waals surface area contributed by atoms with Crippen LogP contribution in [-0.4, -0.2) is 16.9 Å². The molecular formula is C46H22BF27N2O. The number of ketones is 1. The molecule has 414 valence electrons. The summed E-state index contributed by atoms with van der Waals surface area (Å²) >= 11 is 0. The Balaban J connectivity index is 0.000000455. The van der Waals surface area contributed by atoms with Gasteiger partial charge in [0.2, 0.25) is 18.2 Å². The Bertz CT molecular complexity index is 2720. The van der Waals surface area contributed by atoms with Crippen LogP contribution in [-0.2, 0) is 56.0 Å². The molecule has 0 unspecified atom stereocenters. The molecule has 0 radical (unpaired) electrons. The van der Waals surface area contributed by atoms with Gasteiger partial charge in [-0.05, 0) is 24.3 Å². The second kappa shape index (κ2) is 21.0. The zero-order valence-corrected chi connectivity index (χ0v) is 36.8. The summed E-state index contributed by atoms with van der Waals surface area (Å²) in [4.78, 5) is 15.4. The van der Waals surface area contributed by atoms with Gasteiger partial charge in [0.25, 0.3) is 0 Å². The van der Waals surface area contributed by atoms with Gasteiger partial charge in [-0.3, -0.25) is 4.79 Å². The lowest BCUT2D eigenvalue weighted by Crippen LogP contribution is -2.75. The van der Waals surface area contributed by atoms with E-state index >= 15 is 0 Å². The fraction of sp³-hybridized carbons (Fsp3) is 0.196. The van der Waals surface area contributed by atoms with Crippen LogP contribution in [0.25, 0.3) is 5.83 Å². The number of benzene rings is 5. The monoisotopic (exact) mass is 1140 g/mol. The number of nitrogens with zero attached hydrogens (tertiary/aromatic N) is 2. The summed E-state index contributed by atoms with van der Waals surface area (Å²) < 4.78 is 380. The van der Waals surface area contributed by atoms with Crippen molar-refractivity contribution in [3.8, 4) is 0 Å². The Hall–Kier alpha value is -7.24. The van der Waals surface area contributed by atoms with Crippen molar-refractivity contribution in [2.45, 2.75) is 56.0 Å². The molecule has 0 N–H and O–H groups in total. The van der Waals surface area contributed by atoms with E-state index in [1.165, 1.54) is 10.8 Å². The van der Waals surface area contributed by atoms with Crippen LogP contribution in [0, 0.1) is 0 Å². The molecule has 0 atom stereocenters. The Kier molecular flexibility index (Phi) is 16.5. The lowest BCUT2D eigenvalue weighted by Gasteiger charge is -2.46. The number of Topliss-reactive ketones (excluding diaryl/α,β-unsaturated/α-hetero) is 1. The van der Waals surface area contributed by atoms with Gasteiger partial charge in [0.05, 0.1) is 50.7 Å². The number of hydrogen-bond donors (Lipinski definition) is 0. The molecule has 1 heterocycles. The molecule has 0 aliphatic heterocycles. The van der Waals surface area contributed by atoms with E-state index in [2.05, 4.69) is 4.98 Å². The van der Waals surface area contributed by atoms with E-state index in [0.29, 0.717) is 5.56 Å². The highest BCUT2D eigenvalue weighted by atomic mass is 19.4. The molecule has 31 heteroatoms. The number of carbonyl (C=O) groups excluding carboxylic acids is 1. The molecule has 6 aromatic rings. The molecule has 3 nitrogen and oxygen atoms in total. The van der Waals surface area contributed by atoms with Crippen LogP contribution in [0.15, 0.2) is 128 Å². The van der Waals surface area contributed by atoms with Crippen LogP contribution in [0.4, 0.5) is 119 Å². The molecule has 0 amide bonds. The van der Waals surface area contributed by atoms with E-state index < -0.39 is 212 Å². The van der Waals surface area contributed by atoms with Crippen LogP contribution >= 0.6 is 0 Å².